The maximum absolute atomic E-state index is 11.3. The van der Waals surface area contributed by atoms with Crippen molar-refractivity contribution in [2.75, 3.05) is 33.4 Å². The van der Waals surface area contributed by atoms with Gasteiger partial charge in [-0.3, -0.25) is 9.69 Å². The summed E-state index contributed by atoms with van der Waals surface area (Å²) in [5.41, 5.74) is 0. The SMILES string of the molecule is CCC1CCCN(CC(=O)COC)C1. The Labute approximate surface area is 86.4 Å². The molecule has 0 saturated carbocycles. The van der Waals surface area contributed by atoms with Crippen LogP contribution in [0.5, 0.6) is 0 Å². The van der Waals surface area contributed by atoms with E-state index in [0.29, 0.717) is 6.54 Å². The van der Waals surface area contributed by atoms with E-state index in [1.165, 1.54) is 19.3 Å². The molecule has 0 aromatic carbocycles. The van der Waals surface area contributed by atoms with E-state index in [-0.39, 0.29) is 12.4 Å². The van der Waals surface area contributed by atoms with Gasteiger partial charge in [0.2, 0.25) is 0 Å². The lowest BCUT2D eigenvalue weighted by Crippen LogP contribution is -2.39. The zero-order valence-corrected chi connectivity index (χ0v) is 9.29. The predicted molar refractivity (Wildman–Crippen MR) is 56.3 cm³/mol. The number of likely N-dealkylation sites (tertiary alicyclic amines) is 1. The molecule has 1 rings (SSSR count). The average molecular weight is 199 g/mol. The first-order valence-corrected chi connectivity index (χ1v) is 5.49. The van der Waals surface area contributed by atoms with Crippen molar-refractivity contribution in [1.29, 1.82) is 0 Å². The summed E-state index contributed by atoms with van der Waals surface area (Å²) in [7, 11) is 1.57. The third-order valence-electron chi connectivity index (χ3n) is 2.89. The van der Waals surface area contributed by atoms with Crippen LogP contribution in [0.4, 0.5) is 0 Å². The monoisotopic (exact) mass is 199 g/mol. The largest absolute Gasteiger partial charge is 0.377 e. The number of ether oxygens (including phenoxy) is 1. The van der Waals surface area contributed by atoms with Gasteiger partial charge in [-0.1, -0.05) is 13.3 Å². The number of nitrogens with zero attached hydrogens (tertiary/aromatic N) is 1. The molecular formula is C11H21NO2. The lowest BCUT2D eigenvalue weighted by Gasteiger charge is -2.31. The topological polar surface area (TPSA) is 29.5 Å². The minimum absolute atomic E-state index is 0.198. The highest BCUT2D eigenvalue weighted by Crippen LogP contribution is 2.18. The first-order chi connectivity index (χ1) is 6.76. The van der Waals surface area contributed by atoms with Crippen LogP contribution in [0.1, 0.15) is 26.2 Å². The van der Waals surface area contributed by atoms with Crippen LogP contribution in [-0.4, -0.2) is 44.0 Å². The van der Waals surface area contributed by atoms with Gasteiger partial charge in [0.1, 0.15) is 6.61 Å². The van der Waals surface area contributed by atoms with E-state index >= 15 is 0 Å². The molecule has 3 nitrogen and oxygen atoms in total. The van der Waals surface area contributed by atoms with Gasteiger partial charge in [0.05, 0.1) is 6.54 Å². The maximum Gasteiger partial charge on any atom is 0.172 e. The van der Waals surface area contributed by atoms with Crippen molar-refractivity contribution < 1.29 is 9.53 Å². The number of rotatable bonds is 5. The van der Waals surface area contributed by atoms with Gasteiger partial charge in [0.25, 0.3) is 0 Å². The fourth-order valence-corrected chi connectivity index (χ4v) is 2.08. The minimum Gasteiger partial charge on any atom is -0.377 e. The molecule has 1 unspecified atom stereocenters. The van der Waals surface area contributed by atoms with Crippen molar-refractivity contribution >= 4 is 5.78 Å². The van der Waals surface area contributed by atoms with E-state index < -0.39 is 0 Å². The first-order valence-electron chi connectivity index (χ1n) is 5.49. The van der Waals surface area contributed by atoms with Gasteiger partial charge in [0.15, 0.2) is 5.78 Å². The van der Waals surface area contributed by atoms with Gasteiger partial charge in [-0.05, 0) is 25.3 Å². The molecule has 0 amide bonds. The van der Waals surface area contributed by atoms with Crippen LogP contribution in [0.25, 0.3) is 0 Å². The van der Waals surface area contributed by atoms with Crippen molar-refractivity contribution in [3.63, 3.8) is 0 Å². The Morgan fingerprint density at radius 1 is 1.57 bits per heavy atom. The molecule has 0 radical (unpaired) electrons. The fourth-order valence-electron chi connectivity index (χ4n) is 2.08. The molecule has 0 bridgehead atoms. The second-order valence-electron chi connectivity index (χ2n) is 4.12. The quantitative estimate of drug-likeness (QED) is 0.669. The Morgan fingerprint density at radius 3 is 3.00 bits per heavy atom. The zero-order chi connectivity index (χ0) is 10.4. The zero-order valence-electron chi connectivity index (χ0n) is 9.29. The Kier molecular flexibility index (Phi) is 5.12. The molecule has 0 aliphatic carbocycles. The molecule has 1 atom stereocenters. The Bertz CT molecular complexity index is 182. The molecule has 0 aromatic heterocycles. The molecule has 82 valence electrons. The molecule has 1 aliphatic heterocycles. The van der Waals surface area contributed by atoms with Crippen LogP contribution in [0.15, 0.2) is 0 Å². The molecule has 1 fully saturated rings. The molecule has 0 aromatic rings. The van der Waals surface area contributed by atoms with Crippen LogP contribution in [0.2, 0.25) is 0 Å². The number of methoxy groups -OCH3 is 1. The molecule has 3 heteroatoms. The number of piperidine rings is 1. The fraction of sp³-hybridized carbons (Fsp3) is 0.909. The number of hydrogen-bond donors (Lipinski definition) is 0. The summed E-state index contributed by atoms with van der Waals surface area (Å²) in [5, 5.41) is 0. The third kappa shape index (κ3) is 3.76. The van der Waals surface area contributed by atoms with E-state index in [2.05, 4.69) is 11.8 Å². The lowest BCUT2D eigenvalue weighted by molar-refractivity contribution is -0.124. The standard InChI is InChI=1S/C11H21NO2/c1-3-10-5-4-6-12(7-10)8-11(13)9-14-2/h10H,3-9H2,1-2H3. The summed E-state index contributed by atoms with van der Waals surface area (Å²) in [5.74, 6) is 0.989. The highest BCUT2D eigenvalue weighted by atomic mass is 16.5. The van der Waals surface area contributed by atoms with Gasteiger partial charge in [-0.25, -0.2) is 0 Å². The van der Waals surface area contributed by atoms with Gasteiger partial charge in [0, 0.05) is 13.7 Å². The van der Waals surface area contributed by atoms with E-state index in [1.54, 1.807) is 7.11 Å². The lowest BCUT2D eigenvalue weighted by atomic mass is 9.95. The van der Waals surface area contributed by atoms with Crippen molar-refractivity contribution in [1.82, 2.24) is 4.90 Å². The second kappa shape index (κ2) is 6.14. The van der Waals surface area contributed by atoms with E-state index in [1.807, 2.05) is 0 Å². The molecule has 0 N–H and O–H groups in total. The van der Waals surface area contributed by atoms with Crippen LogP contribution in [0.3, 0.4) is 0 Å². The molecule has 1 aliphatic rings. The average Bonchev–Trinajstić information content (AvgIpc) is 2.18. The van der Waals surface area contributed by atoms with E-state index in [9.17, 15) is 4.79 Å². The number of carbonyl (C=O) groups is 1. The highest BCUT2D eigenvalue weighted by molar-refractivity contribution is 5.81. The summed E-state index contributed by atoms with van der Waals surface area (Å²) in [6, 6.07) is 0. The van der Waals surface area contributed by atoms with Crippen molar-refractivity contribution in [3.8, 4) is 0 Å². The summed E-state index contributed by atoms with van der Waals surface area (Å²) in [6.45, 7) is 5.22. The third-order valence-corrected chi connectivity index (χ3v) is 2.89. The van der Waals surface area contributed by atoms with Gasteiger partial charge < -0.3 is 4.74 Å². The second-order valence-corrected chi connectivity index (χ2v) is 4.12. The van der Waals surface area contributed by atoms with Crippen molar-refractivity contribution in [2.45, 2.75) is 26.2 Å². The van der Waals surface area contributed by atoms with Gasteiger partial charge in [-0.2, -0.15) is 0 Å². The van der Waals surface area contributed by atoms with Crippen LogP contribution in [0, 0.1) is 5.92 Å². The smallest absolute Gasteiger partial charge is 0.172 e. The summed E-state index contributed by atoms with van der Waals surface area (Å²) in [4.78, 5) is 13.6. The number of carbonyl (C=O) groups excluding carboxylic acids is 1. The number of ketones is 1. The minimum atomic E-state index is 0.198. The van der Waals surface area contributed by atoms with Crippen molar-refractivity contribution in [3.05, 3.63) is 0 Å². The maximum atomic E-state index is 11.3. The summed E-state index contributed by atoms with van der Waals surface area (Å²) >= 11 is 0. The molecule has 0 spiro atoms. The molecule has 1 heterocycles. The Morgan fingerprint density at radius 2 is 2.36 bits per heavy atom. The van der Waals surface area contributed by atoms with Crippen LogP contribution < -0.4 is 0 Å². The van der Waals surface area contributed by atoms with Gasteiger partial charge in [-0.15, -0.1) is 0 Å². The summed E-state index contributed by atoms with van der Waals surface area (Å²) < 4.78 is 4.82. The Hall–Kier alpha value is -0.410. The number of hydrogen-bond acceptors (Lipinski definition) is 3. The molecule has 14 heavy (non-hydrogen) atoms. The van der Waals surface area contributed by atoms with Crippen LogP contribution >= 0.6 is 0 Å². The van der Waals surface area contributed by atoms with E-state index in [0.717, 1.165) is 19.0 Å². The first kappa shape index (κ1) is 11.7. The summed E-state index contributed by atoms with van der Waals surface area (Å²) in [6.07, 6.45) is 3.79. The molecular weight excluding hydrogens is 178 g/mol. The highest BCUT2D eigenvalue weighted by Gasteiger charge is 2.19. The predicted octanol–water partition coefficient (Wildman–Crippen LogP) is 1.32. The Balaban J connectivity index is 2.26. The normalized spacial score (nSPS) is 23.7. The van der Waals surface area contributed by atoms with E-state index in [4.69, 9.17) is 4.74 Å². The van der Waals surface area contributed by atoms with Crippen LogP contribution in [-0.2, 0) is 9.53 Å². The molecule has 1 saturated heterocycles. The number of Topliss-reactive ketones (excluding diaryl/α,β-unsaturated/α-hetero) is 1. The van der Waals surface area contributed by atoms with Gasteiger partial charge >= 0.3 is 0 Å². The van der Waals surface area contributed by atoms with Crippen molar-refractivity contribution in [2.24, 2.45) is 5.92 Å².